The van der Waals surface area contributed by atoms with Crippen molar-refractivity contribution in [3.05, 3.63) is 12.2 Å². The molecule has 5 saturated carbocycles. The van der Waals surface area contributed by atoms with Gasteiger partial charge in [0.15, 0.2) is 6.29 Å². The summed E-state index contributed by atoms with van der Waals surface area (Å²) in [6, 6.07) is 0. The first-order chi connectivity index (χ1) is 23.0. The molecule has 1 saturated heterocycles. The SMILES string of the molecule is C=C(C)C1CCC2(COC(=O)OCCOC3OC(CO)C(O)C(O)C3O)CCC3(C)C(CCC4C5(C)CCC(O)C(C)(C)C5CCC43C)C12. The molecule has 6 fully saturated rings. The molecule has 0 amide bonds. The Morgan fingerprint density at radius 2 is 1.53 bits per heavy atom. The maximum absolute atomic E-state index is 12.9. The van der Waals surface area contributed by atoms with Gasteiger partial charge in [0.05, 0.1) is 19.3 Å². The lowest BCUT2D eigenvalue weighted by molar-refractivity contribution is -0.302. The highest BCUT2D eigenvalue weighted by molar-refractivity contribution is 5.59. The molecule has 0 spiro atoms. The van der Waals surface area contributed by atoms with Crippen molar-refractivity contribution < 1.29 is 49.3 Å². The number of aliphatic hydroxyl groups is 5. The lowest BCUT2D eigenvalue weighted by atomic mass is 9.32. The maximum Gasteiger partial charge on any atom is 0.508 e. The van der Waals surface area contributed by atoms with Crippen LogP contribution in [0.15, 0.2) is 12.2 Å². The molecular weight excluding hydrogens is 628 g/mol. The number of carbonyl (C=O) groups is 1. The summed E-state index contributed by atoms with van der Waals surface area (Å²) in [7, 11) is 0. The summed E-state index contributed by atoms with van der Waals surface area (Å²) in [5.74, 6) is 2.45. The summed E-state index contributed by atoms with van der Waals surface area (Å²) in [5, 5.41) is 50.6. The van der Waals surface area contributed by atoms with Crippen LogP contribution in [0, 0.1) is 56.7 Å². The Morgan fingerprint density at radius 1 is 0.796 bits per heavy atom. The van der Waals surface area contributed by atoms with Crippen LogP contribution in [0.1, 0.15) is 106 Å². The number of aliphatic hydroxyl groups excluding tert-OH is 5. The molecule has 5 aliphatic carbocycles. The van der Waals surface area contributed by atoms with E-state index in [0.717, 1.165) is 38.5 Å². The second-order valence-electron chi connectivity index (χ2n) is 18.4. The van der Waals surface area contributed by atoms with Crippen molar-refractivity contribution in [1.82, 2.24) is 0 Å². The molecule has 5 N–H and O–H groups in total. The summed E-state index contributed by atoms with van der Waals surface area (Å²) >= 11 is 0. The molecule has 6 aliphatic rings. The van der Waals surface area contributed by atoms with Crippen LogP contribution in [-0.2, 0) is 18.9 Å². The van der Waals surface area contributed by atoms with Gasteiger partial charge in [-0.15, -0.1) is 0 Å². The average molecular weight is 693 g/mol. The minimum absolute atomic E-state index is 0.0671. The van der Waals surface area contributed by atoms with E-state index in [2.05, 4.69) is 48.1 Å². The van der Waals surface area contributed by atoms with Gasteiger partial charge < -0.3 is 44.5 Å². The smallest absolute Gasteiger partial charge is 0.434 e. The van der Waals surface area contributed by atoms with Crippen LogP contribution in [-0.4, -0.2) is 94.9 Å². The standard InChI is InChI=1S/C39H64O10/c1-22(2)23-10-15-39(21-48-34(45)47-19-18-46-33-32(44)31(43)30(42)25(20-40)49-33)17-16-37(6)24(29(23)39)8-9-27-36(5)13-12-28(41)35(3,4)26(36)11-14-38(27,37)7/h23-33,40-44H,1,8-21H2,2-7H3. The van der Waals surface area contributed by atoms with Crippen LogP contribution in [0.5, 0.6) is 0 Å². The Balaban J connectivity index is 1.12. The summed E-state index contributed by atoms with van der Waals surface area (Å²) in [6.07, 6.45) is 3.08. The fourth-order valence-electron chi connectivity index (χ4n) is 13.3. The molecule has 6 rings (SSSR count). The highest BCUT2D eigenvalue weighted by Crippen LogP contribution is 2.77. The highest BCUT2D eigenvalue weighted by atomic mass is 16.7. The van der Waals surface area contributed by atoms with E-state index < -0.39 is 43.5 Å². The maximum atomic E-state index is 12.9. The van der Waals surface area contributed by atoms with Crippen LogP contribution in [0.4, 0.5) is 4.79 Å². The number of allylic oxidation sites excluding steroid dienone is 1. The molecule has 0 aromatic heterocycles. The average Bonchev–Trinajstić information content (AvgIpc) is 3.44. The van der Waals surface area contributed by atoms with Crippen molar-refractivity contribution >= 4 is 6.16 Å². The van der Waals surface area contributed by atoms with Gasteiger partial charge in [-0.1, -0.05) is 46.8 Å². The Kier molecular flexibility index (Phi) is 10.2. The molecule has 0 bridgehead atoms. The molecule has 280 valence electrons. The van der Waals surface area contributed by atoms with E-state index in [1.54, 1.807) is 0 Å². The zero-order chi connectivity index (χ0) is 35.7. The lowest BCUT2D eigenvalue weighted by Gasteiger charge is -2.73. The van der Waals surface area contributed by atoms with Crippen LogP contribution in [0.25, 0.3) is 0 Å². The van der Waals surface area contributed by atoms with E-state index in [-0.39, 0.29) is 46.4 Å². The molecule has 0 radical (unpaired) electrons. The van der Waals surface area contributed by atoms with E-state index >= 15 is 0 Å². The summed E-state index contributed by atoms with van der Waals surface area (Å²) in [4.78, 5) is 12.9. The first kappa shape index (κ1) is 37.5. The lowest BCUT2D eigenvalue weighted by Crippen LogP contribution is -2.66. The van der Waals surface area contributed by atoms with Gasteiger partial charge >= 0.3 is 6.16 Å². The second kappa shape index (κ2) is 13.3. The molecule has 0 aromatic carbocycles. The highest BCUT2D eigenvalue weighted by Gasteiger charge is 2.71. The zero-order valence-corrected chi connectivity index (χ0v) is 30.7. The van der Waals surface area contributed by atoms with E-state index in [9.17, 15) is 30.3 Å². The van der Waals surface area contributed by atoms with Crippen LogP contribution < -0.4 is 0 Å². The quantitative estimate of drug-likeness (QED) is 0.134. The molecular formula is C39H64O10. The Labute approximate surface area is 292 Å². The fourth-order valence-corrected chi connectivity index (χ4v) is 13.3. The molecule has 1 heterocycles. The third-order valence-electron chi connectivity index (χ3n) is 16.1. The van der Waals surface area contributed by atoms with Crippen molar-refractivity contribution in [2.75, 3.05) is 26.4 Å². The second-order valence-corrected chi connectivity index (χ2v) is 18.4. The van der Waals surface area contributed by atoms with Crippen molar-refractivity contribution in [3.8, 4) is 0 Å². The predicted octanol–water partition coefficient (Wildman–Crippen LogP) is 4.97. The molecule has 15 atom stereocenters. The van der Waals surface area contributed by atoms with Gasteiger partial charge in [0, 0.05) is 5.41 Å². The molecule has 0 aromatic rings. The topological polar surface area (TPSA) is 155 Å². The third kappa shape index (κ3) is 5.82. The fraction of sp³-hybridized carbons (Fsp3) is 0.923. The zero-order valence-electron chi connectivity index (χ0n) is 30.7. The van der Waals surface area contributed by atoms with Crippen molar-refractivity contribution in [3.63, 3.8) is 0 Å². The molecule has 10 nitrogen and oxygen atoms in total. The summed E-state index contributed by atoms with van der Waals surface area (Å²) in [5.41, 5.74) is 1.63. The normalized spacial score (nSPS) is 50.3. The third-order valence-corrected chi connectivity index (χ3v) is 16.1. The van der Waals surface area contributed by atoms with E-state index in [4.69, 9.17) is 18.9 Å². The molecule has 10 heteroatoms. The Bertz CT molecular complexity index is 1240. The predicted molar refractivity (Wildman–Crippen MR) is 182 cm³/mol. The van der Waals surface area contributed by atoms with E-state index in [1.165, 1.54) is 31.3 Å². The number of fused-ring (bicyclic) bond motifs is 7. The Morgan fingerprint density at radius 3 is 2.22 bits per heavy atom. The largest absolute Gasteiger partial charge is 0.508 e. The van der Waals surface area contributed by atoms with Crippen molar-refractivity contribution in [1.29, 1.82) is 0 Å². The van der Waals surface area contributed by atoms with Gasteiger partial charge in [-0.25, -0.2) is 4.79 Å². The van der Waals surface area contributed by atoms with Gasteiger partial charge in [-0.05, 0) is 122 Å². The number of hydrogen-bond donors (Lipinski definition) is 5. The number of ether oxygens (including phenoxy) is 4. The van der Waals surface area contributed by atoms with Gasteiger partial charge in [-0.2, -0.15) is 0 Å². The van der Waals surface area contributed by atoms with Gasteiger partial charge in [-0.3, -0.25) is 0 Å². The van der Waals surface area contributed by atoms with Crippen molar-refractivity contribution in [2.24, 2.45) is 56.7 Å². The van der Waals surface area contributed by atoms with Crippen LogP contribution in [0.3, 0.4) is 0 Å². The van der Waals surface area contributed by atoms with Gasteiger partial charge in [0.2, 0.25) is 0 Å². The number of rotatable bonds is 8. The van der Waals surface area contributed by atoms with Crippen molar-refractivity contribution in [2.45, 2.75) is 143 Å². The minimum Gasteiger partial charge on any atom is -0.434 e. The first-order valence-electron chi connectivity index (χ1n) is 19.0. The van der Waals surface area contributed by atoms with E-state index in [1.807, 2.05) is 0 Å². The Hall–Kier alpha value is -1.27. The summed E-state index contributed by atoms with van der Waals surface area (Å²) in [6.45, 7) is 18.5. The summed E-state index contributed by atoms with van der Waals surface area (Å²) < 4.78 is 22.1. The molecule has 15 unspecified atom stereocenters. The minimum atomic E-state index is -1.54. The van der Waals surface area contributed by atoms with Crippen LogP contribution >= 0.6 is 0 Å². The number of carbonyl (C=O) groups excluding carboxylic acids is 1. The van der Waals surface area contributed by atoms with Gasteiger partial charge in [0.1, 0.15) is 37.6 Å². The molecule has 49 heavy (non-hydrogen) atoms. The number of hydrogen-bond acceptors (Lipinski definition) is 10. The molecule has 1 aliphatic heterocycles. The first-order valence-corrected chi connectivity index (χ1v) is 19.0. The monoisotopic (exact) mass is 692 g/mol. The van der Waals surface area contributed by atoms with Crippen LogP contribution in [0.2, 0.25) is 0 Å². The van der Waals surface area contributed by atoms with Gasteiger partial charge in [0.25, 0.3) is 0 Å². The van der Waals surface area contributed by atoms with E-state index in [0.29, 0.717) is 36.2 Å².